The van der Waals surface area contributed by atoms with Crippen LogP contribution in [0, 0.1) is 0 Å². The van der Waals surface area contributed by atoms with Crippen molar-refractivity contribution in [2.24, 2.45) is 0 Å². The quantitative estimate of drug-likeness (QED) is 0.315. The molecule has 0 radical (unpaired) electrons. The van der Waals surface area contributed by atoms with E-state index in [1.165, 1.54) is 16.7 Å². The second-order valence-electron chi connectivity index (χ2n) is 6.28. The Balaban J connectivity index is 1.91. The van der Waals surface area contributed by atoms with Crippen LogP contribution in [-0.4, -0.2) is 44.7 Å². The summed E-state index contributed by atoms with van der Waals surface area (Å²) in [7, 11) is 0. The number of hydrogen-bond donors (Lipinski definition) is 2. The summed E-state index contributed by atoms with van der Waals surface area (Å²) in [6.45, 7) is 2.08. The number of carboxylic acids is 1. The number of carbonyl (C=O) groups is 3. The van der Waals surface area contributed by atoms with E-state index in [1.807, 2.05) is 24.3 Å². The van der Waals surface area contributed by atoms with Crippen LogP contribution in [0.4, 0.5) is 0 Å². The summed E-state index contributed by atoms with van der Waals surface area (Å²) in [5, 5.41) is 11.4. The number of carboxylic acid groups (broad SMARTS) is 1. The molecule has 6 nitrogen and oxygen atoms in total. The average molecular weight is 485 g/mol. The molecule has 1 aromatic rings. The highest BCUT2D eigenvalue weighted by molar-refractivity contribution is 9.10. The Morgan fingerprint density at radius 1 is 1.36 bits per heavy atom. The molecule has 0 aliphatic carbocycles. The normalized spacial score (nSPS) is 16.5. The molecule has 1 aliphatic heterocycles. The van der Waals surface area contributed by atoms with Crippen molar-refractivity contribution in [1.29, 1.82) is 0 Å². The monoisotopic (exact) mass is 484 g/mol. The second-order valence-corrected chi connectivity index (χ2v) is 8.87. The molecule has 2 amide bonds. The molecule has 2 rings (SSSR count). The number of aliphatic carboxylic acids is 1. The molecule has 0 bridgehead atoms. The van der Waals surface area contributed by atoms with Crippen LogP contribution in [0.25, 0.3) is 6.08 Å². The SMILES string of the molecule is CC(C(=O)NCCCCCC(=O)O)N1C(=O)/C(=C/c2cccc(Br)c2)SC1=S. The lowest BCUT2D eigenvalue weighted by molar-refractivity contribution is -0.137. The van der Waals surface area contributed by atoms with Gasteiger partial charge in [0.15, 0.2) is 0 Å². The fourth-order valence-corrected chi connectivity index (χ4v) is 4.45. The van der Waals surface area contributed by atoms with Gasteiger partial charge in [-0.05, 0) is 43.5 Å². The number of thioether (sulfide) groups is 1. The Morgan fingerprint density at radius 2 is 2.11 bits per heavy atom. The van der Waals surface area contributed by atoms with Crippen molar-refractivity contribution in [3.63, 3.8) is 0 Å². The predicted octanol–water partition coefficient (Wildman–Crippen LogP) is 3.80. The minimum absolute atomic E-state index is 0.130. The Bertz CT molecular complexity index is 813. The number of nitrogens with zero attached hydrogens (tertiary/aromatic N) is 1. The first-order valence-corrected chi connectivity index (χ1v) is 10.8. The summed E-state index contributed by atoms with van der Waals surface area (Å²) in [5.41, 5.74) is 0.869. The minimum Gasteiger partial charge on any atom is -0.481 e. The van der Waals surface area contributed by atoms with E-state index >= 15 is 0 Å². The van der Waals surface area contributed by atoms with Gasteiger partial charge in [-0.15, -0.1) is 0 Å². The van der Waals surface area contributed by atoms with Gasteiger partial charge in [0, 0.05) is 17.4 Å². The maximum Gasteiger partial charge on any atom is 0.303 e. The maximum atomic E-state index is 12.7. The molecule has 0 spiro atoms. The Morgan fingerprint density at radius 3 is 2.79 bits per heavy atom. The van der Waals surface area contributed by atoms with Gasteiger partial charge in [-0.25, -0.2) is 0 Å². The lowest BCUT2D eigenvalue weighted by atomic mass is 10.2. The standard InChI is InChI=1S/C19H21BrN2O4S2/c1-12(17(25)21-9-4-2-3-8-16(23)24)22-18(26)15(28-19(22)27)11-13-6-5-7-14(20)10-13/h5-7,10-12H,2-4,8-9H2,1H3,(H,21,25)(H,23,24)/b15-11-. The van der Waals surface area contributed by atoms with Crippen molar-refractivity contribution >= 4 is 68.1 Å². The molecule has 150 valence electrons. The van der Waals surface area contributed by atoms with E-state index in [4.69, 9.17) is 17.3 Å². The van der Waals surface area contributed by atoms with Crippen molar-refractivity contribution in [1.82, 2.24) is 10.2 Å². The number of amides is 2. The van der Waals surface area contributed by atoms with Gasteiger partial charge >= 0.3 is 5.97 Å². The van der Waals surface area contributed by atoms with E-state index in [-0.39, 0.29) is 18.2 Å². The molecular weight excluding hydrogens is 464 g/mol. The van der Waals surface area contributed by atoms with Crippen molar-refractivity contribution in [3.05, 3.63) is 39.2 Å². The van der Waals surface area contributed by atoms with Gasteiger partial charge in [0.1, 0.15) is 10.4 Å². The fraction of sp³-hybridized carbons (Fsp3) is 0.368. The Hall–Kier alpha value is -1.71. The average Bonchev–Trinajstić information content (AvgIpc) is 2.90. The number of unbranched alkanes of at least 4 members (excludes halogenated alkanes) is 2. The number of carbonyl (C=O) groups excluding carboxylic acids is 2. The number of nitrogens with one attached hydrogen (secondary N) is 1. The summed E-state index contributed by atoms with van der Waals surface area (Å²) in [4.78, 5) is 37.4. The van der Waals surface area contributed by atoms with E-state index in [0.717, 1.165) is 16.5 Å². The molecule has 1 saturated heterocycles. The minimum atomic E-state index is -0.817. The topological polar surface area (TPSA) is 86.7 Å². The predicted molar refractivity (Wildman–Crippen MR) is 118 cm³/mol. The van der Waals surface area contributed by atoms with Gasteiger partial charge in [0.25, 0.3) is 5.91 Å². The molecule has 0 saturated carbocycles. The molecule has 1 aromatic carbocycles. The molecule has 9 heteroatoms. The van der Waals surface area contributed by atoms with Crippen molar-refractivity contribution in [2.45, 2.75) is 38.6 Å². The number of thiocarbonyl (C=S) groups is 1. The Kier molecular flexibility index (Phi) is 8.65. The summed E-state index contributed by atoms with van der Waals surface area (Å²) < 4.78 is 1.27. The van der Waals surface area contributed by atoms with Crippen LogP contribution >= 0.6 is 39.9 Å². The number of hydrogen-bond acceptors (Lipinski definition) is 5. The summed E-state index contributed by atoms with van der Waals surface area (Å²) in [6, 6.07) is 6.85. The van der Waals surface area contributed by atoms with E-state index in [0.29, 0.717) is 28.6 Å². The first kappa shape index (κ1) is 22.6. The zero-order valence-corrected chi connectivity index (χ0v) is 18.5. The zero-order chi connectivity index (χ0) is 20.7. The summed E-state index contributed by atoms with van der Waals surface area (Å²) in [6.07, 6.45) is 3.88. The van der Waals surface area contributed by atoms with E-state index in [9.17, 15) is 14.4 Å². The maximum absolute atomic E-state index is 12.7. The van der Waals surface area contributed by atoms with Crippen LogP contribution in [0.5, 0.6) is 0 Å². The van der Waals surface area contributed by atoms with Crippen LogP contribution in [0.3, 0.4) is 0 Å². The highest BCUT2D eigenvalue weighted by Crippen LogP contribution is 2.34. The van der Waals surface area contributed by atoms with Crippen LogP contribution in [0.15, 0.2) is 33.6 Å². The summed E-state index contributed by atoms with van der Waals surface area (Å²) in [5.74, 6) is -1.37. The van der Waals surface area contributed by atoms with Crippen LogP contribution in [0.2, 0.25) is 0 Å². The fourth-order valence-electron chi connectivity index (χ4n) is 2.62. The van der Waals surface area contributed by atoms with Crippen LogP contribution < -0.4 is 5.32 Å². The molecule has 1 fully saturated rings. The molecule has 28 heavy (non-hydrogen) atoms. The van der Waals surface area contributed by atoms with Crippen LogP contribution in [0.1, 0.15) is 38.2 Å². The molecular formula is C19H21BrN2O4S2. The molecule has 1 aliphatic rings. The lowest BCUT2D eigenvalue weighted by Gasteiger charge is -2.22. The van der Waals surface area contributed by atoms with Gasteiger partial charge in [0.2, 0.25) is 5.91 Å². The van der Waals surface area contributed by atoms with Crippen molar-refractivity contribution < 1.29 is 19.5 Å². The Labute approximate surface area is 181 Å². The molecule has 2 N–H and O–H groups in total. The lowest BCUT2D eigenvalue weighted by Crippen LogP contribution is -2.47. The second kappa shape index (κ2) is 10.7. The number of benzene rings is 1. The third kappa shape index (κ3) is 6.42. The van der Waals surface area contributed by atoms with E-state index in [2.05, 4.69) is 21.2 Å². The highest BCUT2D eigenvalue weighted by Gasteiger charge is 2.38. The first-order valence-electron chi connectivity index (χ1n) is 8.81. The molecule has 1 atom stereocenters. The third-order valence-corrected chi connectivity index (χ3v) is 5.93. The molecule has 1 unspecified atom stereocenters. The van der Waals surface area contributed by atoms with Gasteiger partial charge in [-0.2, -0.15) is 0 Å². The van der Waals surface area contributed by atoms with Crippen molar-refractivity contribution in [2.75, 3.05) is 6.54 Å². The smallest absolute Gasteiger partial charge is 0.303 e. The highest BCUT2D eigenvalue weighted by atomic mass is 79.9. The molecule has 0 aromatic heterocycles. The first-order chi connectivity index (χ1) is 13.3. The van der Waals surface area contributed by atoms with Crippen molar-refractivity contribution in [3.8, 4) is 0 Å². The van der Waals surface area contributed by atoms with E-state index in [1.54, 1.807) is 13.0 Å². The van der Waals surface area contributed by atoms with Gasteiger partial charge in [-0.1, -0.05) is 58.5 Å². The zero-order valence-electron chi connectivity index (χ0n) is 15.3. The van der Waals surface area contributed by atoms with Gasteiger partial charge in [-0.3, -0.25) is 19.3 Å². The van der Waals surface area contributed by atoms with E-state index < -0.39 is 12.0 Å². The van der Waals surface area contributed by atoms with Gasteiger partial charge < -0.3 is 10.4 Å². The molecule has 1 heterocycles. The largest absolute Gasteiger partial charge is 0.481 e. The van der Waals surface area contributed by atoms with Gasteiger partial charge in [0.05, 0.1) is 4.91 Å². The number of halogens is 1. The number of rotatable bonds is 9. The van der Waals surface area contributed by atoms with Crippen LogP contribution in [-0.2, 0) is 14.4 Å². The summed E-state index contributed by atoms with van der Waals surface area (Å²) >= 11 is 9.89. The third-order valence-electron chi connectivity index (χ3n) is 4.10.